The molecule has 0 N–H and O–H groups in total. The minimum absolute atomic E-state index is 0.0354. The first-order valence-electron chi connectivity index (χ1n) is 8.97. The predicted molar refractivity (Wildman–Crippen MR) is 96.1 cm³/mol. The normalized spacial score (nSPS) is 31.1. The lowest BCUT2D eigenvalue weighted by Crippen LogP contribution is -2.17. The summed E-state index contributed by atoms with van der Waals surface area (Å²) in [6, 6.07) is 0. The van der Waals surface area contributed by atoms with Crippen molar-refractivity contribution in [2.75, 3.05) is 0 Å². The van der Waals surface area contributed by atoms with E-state index in [1.807, 2.05) is 26.8 Å². The minimum atomic E-state index is -0.196. The maximum Gasteiger partial charge on any atom is 0.315 e. The lowest BCUT2D eigenvalue weighted by atomic mass is 9.92. The van der Waals surface area contributed by atoms with Crippen LogP contribution in [0.1, 0.15) is 54.4 Å². The molecule has 2 rings (SSSR count). The Kier molecular flexibility index (Phi) is 5.52. The van der Waals surface area contributed by atoms with Crippen molar-refractivity contribution in [2.45, 2.75) is 54.4 Å². The van der Waals surface area contributed by atoms with Crippen LogP contribution < -0.4 is 0 Å². The highest BCUT2D eigenvalue weighted by atomic mass is 16.5. The number of ether oxygens (including phenoxy) is 1. The van der Waals surface area contributed by atoms with Crippen molar-refractivity contribution in [2.24, 2.45) is 29.1 Å². The summed E-state index contributed by atoms with van der Waals surface area (Å²) in [5.41, 5.74) is 1.15. The summed E-state index contributed by atoms with van der Waals surface area (Å²) in [4.78, 5) is 24.8. The Bertz CT molecular complexity index is 603. The van der Waals surface area contributed by atoms with Crippen molar-refractivity contribution < 1.29 is 14.3 Å². The highest BCUT2D eigenvalue weighted by Crippen LogP contribution is 2.60. The Hall–Kier alpha value is -1.64. The first-order chi connectivity index (χ1) is 11.2. The second-order valence-electron chi connectivity index (χ2n) is 7.95. The van der Waals surface area contributed by atoms with Crippen molar-refractivity contribution in [3.05, 3.63) is 35.6 Å². The van der Waals surface area contributed by atoms with E-state index >= 15 is 0 Å². The zero-order valence-corrected chi connectivity index (χ0v) is 15.8. The van der Waals surface area contributed by atoms with Gasteiger partial charge in [0, 0.05) is 17.9 Å². The second-order valence-corrected chi connectivity index (χ2v) is 7.95. The van der Waals surface area contributed by atoms with Crippen molar-refractivity contribution in [1.82, 2.24) is 0 Å². The predicted octanol–water partition coefficient (Wildman–Crippen LogP) is 4.84. The molecule has 0 radical (unpaired) electrons. The quantitative estimate of drug-likeness (QED) is 0.517. The Morgan fingerprint density at radius 3 is 2.54 bits per heavy atom. The highest BCUT2D eigenvalue weighted by molar-refractivity contribution is 5.96. The van der Waals surface area contributed by atoms with Crippen LogP contribution in [-0.4, -0.2) is 11.8 Å². The van der Waals surface area contributed by atoms with Gasteiger partial charge < -0.3 is 4.74 Å². The van der Waals surface area contributed by atoms with E-state index in [0.717, 1.165) is 6.42 Å². The van der Waals surface area contributed by atoms with E-state index in [4.69, 9.17) is 4.74 Å². The summed E-state index contributed by atoms with van der Waals surface area (Å²) in [5.74, 6) is 0.391. The number of carbonyl (C=O) groups excluding carboxylic acids is 2. The van der Waals surface area contributed by atoms with Gasteiger partial charge >= 0.3 is 5.97 Å². The number of hydrogen-bond donors (Lipinski definition) is 0. The van der Waals surface area contributed by atoms with Crippen molar-refractivity contribution >= 4 is 11.8 Å². The van der Waals surface area contributed by atoms with Gasteiger partial charge in [0.2, 0.25) is 0 Å². The topological polar surface area (TPSA) is 43.4 Å². The molecule has 0 saturated heterocycles. The Balaban J connectivity index is 2.00. The molecule has 0 amide bonds. The zero-order valence-electron chi connectivity index (χ0n) is 15.8. The summed E-state index contributed by atoms with van der Waals surface area (Å²) in [7, 11) is 0. The molecule has 2 aliphatic carbocycles. The molecule has 0 bridgehead atoms. The first-order valence-corrected chi connectivity index (χ1v) is 8.97. The summed E-state index contributed by atoms with van der Waals surface area (Å²) in [6.07, 6.45) is 9.47. The number of ketones is 1. The van der Waals surface area contributed by atoms with E-state index in [1.54, 1.807) is 0 Å². The molecule has 132 valence electrons. The molecule has 2 unspecified atom stereocenters. The zero-order chi connectivity index (χ0) is 18.1. The third-order valence-corrected chi connectivity index (χ3v) is 5.39. The molecule has 1 saturated carbocycles. The summed E-state index contributed by atoms with van der Waals surface area (Å²) in [6.45, 7) is 12.3. The fraction of sp³-hybridized carbons (Fsp3) is 0.619. The van der Waals surface area contributed by atoms with Crippen LogP contribution in [0.25, 0.3) is 0 Å². The van der Waals surface area contributed by atoms with Crippen LogP contribution in [-0.2, 0) is 14.3 Å². The van der Waals surface area contributed by atoms with E-state index in [0.29, 0.717) is 12.2 Å². The average Bonchev–Trinajstić information content (AvgIpc) is 2.90. The van der Waals surface area contributed by atoms with Gasteiger partial charge in [-0.1, -0.05) is 51.5 Å². The van der Waals surface area contributed by atoms with E-state index in [9.17, 15) is 9.59 Å². The standard InChI is InChI=1S/C21H30O3/c1-7-8-9-10-15-14(4)18(12-17(15)22)24-20(23)19-16(11-13(2)3)21(19,5)6/h8-9,11-12,14-16,19H,7,10H2,1-6H3/t14?,15?,16-,19+/m1/s1. The van der Waals surface area contributed by atoms with Gasteiger partial charge in [0.15, 0.2) is 5.78 Å². The number of rotatable bonds is 6. The molecule has 0 aromatic carbocycles. The van der Waals surface area contributed by atoms with Crippen molar-refractivity contribution in [1.29, 1.82) is 0 Å². The maximum absolute atomic E-state index is 12.6. The molecule has 0 heterocycles. The summed E-state index contributed by atoms with van der Waals surface area (Å²) >= 11 is 0. The van der Waals surface area contributed by atoms with Gasteiger partial charge in [0.05, 0.1) is 5.92 Å². The fourth-order valence-electron chi connectivity index (χ4n) is 3.65. The van der Waals surface area contributed by atoms with Crippen molar-refractivity contribution in [3.8, 4) is 0 Å². The van der Waals surface area contributed by atoms with Gasteiger partial charge in [-0.25, -0.2) is 0 Å². The van der Waals surface area contributed by atoms with Crippen LogP contribution in [0.4, 0.5) is 0 Å². The van der Waals surface area contributed by atoms with Gasteiger partial charge in [-0.05, 0) is 38.0 Å². The smallest absolute Gasteiger partial charge is 0.315 e. The van der Waals surface area contributed by atoms with Gasteiger partial charge in [0.25, 0.3) is 0 Å². The molecular formula is C21H30O3. The average molecular weight is 330 g/mol. The SMILES string of the molecule is CCC=CCC1C(=O)C=C(OC(=O)[C@@H]2[C@@H](C=C(C)C)C2(C)C)C1C. The third-order valence-electron chi connectivity index (χ3n) is 5.39. The highest BCUT2D eigenvalue weighted by Gasteiger charge is 2.61. The number of carbonyl (C=O) groups is 2. The van der Waals surface area contributed by atoms with Crippen LogP contribution in [0.15, 0.2) is 35.6 Å². The van der Waals surface area contributed by atoms with Crippen molar-refractivity contribution in [3.63, 3.8) is 0 Å². The summed E-state index contributed by atoms with van der Waals surface area (Å²) in [5, 5.41) is 0. The number of esters is 1. The molecule has 1 fully saturated rings. The number of hydrogen-bond acceptors (Lipinski definition) is 3. The molecule has 24 heavy (non-hydrogen) atoms. The van der Waals surface area contributed by atoms with Crippen LogP contribution in [0.2, 0.25) is 0 Å². The fourth-order valence-corrected chi connectivity index (χ4v) is 3.65. The molecule has 4 atom stereocenters. The third kappa shape index (κ3) is 3.71. The lowest BCUT2D eigenvalue weighted by molar-refractivity contribution is -0.142. The molecule has 0 aliphatic heterocycles. The molecule has 2 aliphatic rings. The van der Waals surface area contributed by atoms with Crippen LogP contribution >= 0.6 is 0 Å². The largest absolute Gasteiger partial charge is 0.430 e. The lowest BCUT2D eigenvalue weighted by Gasteiger charge is -2.16. The molecule has 3 heteroatoms. The monoisotopic (exact) mass is 330 g/mol. The molecule has 0 aromatic rings. The second kappa shape index (κ2) is 7.08. The van der Waals surface area contributed by atoms with Gasteiger partial charge in [-0.15, -0.1) is 0 Å². The van der Waals surface area contributed by atoms with E-state index < -0.39 is 0 Å². The van der Waals surface area contributed by atoms with Gasteiger partial charge in [-0.2, -0.15) is 0 Å². The van der Waals surface area contributed by atoms with Gasteiger partial charge in [-0.3, -0.25) is 9.59 Å². The maximum atomic E-state index is 12.6. The molecular weight excluding hydrogens is 300 g/mol. The van der Waals surface area contributed by atoms with Crippen LogP contribution in [0.3, 0.4) is 0 Å². The van der Waals surface area contributed by atoms with E-state index in [-0.39, 0.29) is 40.8 Å². The van der Waals surface area contributed by atoms with Crippen LogP contribution in [0.5, 0.6) is 0 Å². The number of allylic oxidation sites excluding steroid dienone is 6. The van der Waals surface area contributed by atoms with E-state index in [2.05, 4.69) is 32.9 Å². The molecule has 0 spiro atoms. The Morgan fingerprint density at radius 2 is 1.96 bits per heavy atom. The Morgan fingerprint density at radius 1 is 1.29 bits per heavy atom. The minimum Gasteiger partial charge on any atom is -0.430 e. The molecule has 3 nitrogen and oxygen atoms in total. The first kappa shape index (κ1) is 18.7. The molecule has 0 aromatic heterocycles. The van der Waals surface area contributed by atoms with Crippen LogP contribution in [0, 0.1) is 29.1 Å². The van der Waals surface area contributed by atoms with Gasteiger partial charge in [0.1, 0.15) is 5.76 Å². The van der Waals surface area contributed by atoms with E-state index in [1.165, 1.54) is 11.6 Å². The Labute approximate surface area is 145 Å². The summed E-state index contributed by atoms with van der Waals surface area (Å²) < 4.78 is 5.65.